The maximum absolute atomic E-state index is 12.8. The number of allylic oxidation sites excluding steroid dienone is 1. The van der Waals surface area contributed by atoms with E-state index in [9.17, 15) is 13.5 Å². The number of nitrogens with zero attached hydrogens (tertiary/aromatic N) is 2. The maximum Gasteiger partial charge on any atom is 0.221 e. The lowest BCUT2D eigenvalue weighted by Gasteiger charge is -2.23. The minimum atomic E-state index is -3.33. The number of phenols is 1. The molecule has 2 aromatic rings. The molecule has 6 nitrogen and oxygen atoms in total. The molecule has 2 aliphatic rings. The predicted molar refractivity (Wildman–Crippen MR) is 89.8 cm³/mol. The molecular weight excluding hydrogens is 326 g/mol. The molecule has 1 saturated heterocycles. The van der Waals surface area contributed by atoms with Crippen molar-refractivity contribution in [3.8, 4) is 5.75 Å². The summed E-state index contributed by atoms with van der Waals surface area (Å²) < 4.78 is 27.2. The Morgan fingerprint density at radius 3 is 2.75 bits per heavy atom. The molecule has 3 atom stereocenters. The van der Waals surface area contributed by atoms with Gasteiger partial charge in [-0.25, -0.2) is 13.4 Å². The van der Waals surface area contributed by atoms with E-state index in [-0.39, 0.29) is 17.6 Å². The zero-order valence-electron chi connectivity index (χ0n) is 13.0. The van der Waals surface area contributed by atoms with Crippen LogP contribution in [0, 0.1) is 5.92 Å². The van der Waals surface area contributed by atoms with E-state index >= 15 is 0 Å². The lowest BCUT2D eigenvalue weighted by Crippen LogP contribution is -2.29. The van der Waals surface area contributed by atoms with E-state index in [4.69, 9.17) is 0 Å². The summed E-state index contributed by atoms with van der Waals surface area (Å²) in [6, 6.07) is 6.69. The summed E-state index contributed by atoms with van der Waals surface area (Å²) >= 11 is 0. The molecule has 0 radical (unpaired) electrons. The van der Waals surface area contributed by atoms with Crippen LogP contribution in [0.3, 0.4) is 0 Å². The van der Waals surface area contributed by atoms with Crippen LogP contribution in [-0.4, -0.2) is 39.6 Å². The summed E-state index contributed by atoms with van der Waals surface area (Å²) in [5.74, 6) is 0.463. The predicted octanol–water partition coefficient (Wildman–Crippen LogP) is 1.99. The van der Waals surface area contributed by atoms with Crippen LogP contribution in [0.25, 0.3) is 0 Å². The van der Waals surface area contributed by atoms with Gasteiger partial charge in [-0.2, -0.15) is 4.31 Å². The first-order valence-electron chi connectivity index (χ1n) is 7.97. The number of fused-ring (bicyclic) bond motifs is 1. The minimum Gasteiger partial charge on any atom is -0.508 e. The van der Waals surface area contributed by atoms with Gasteiger partial charge in [0.05, 0.1) is 11.6 Å². The third-order valence-electron chi connectivity index (χ3n) is 4.91. The third-order valence-corrected chi connectivity index (χ3v) is 7.14. The van der Waals surface area contributed by atoms with Gasteiger partial charge in [0, 0.05) is 30.9 Å². The molecule has 1 aromatic carbocycles. The monoisotopic (exact) mass is 345 g/mol. The molecule has 2 heterocycles. The molecule has 1 aliphatic heterocycles. The fourth-order valence-corrected chi connectivity index (χ4v) is 5.70. The number of nitrogens with one attached hydrogen (secondary N) is 1. The second-order valence-corrected chi connectivity index (χ2v) is 8.55. The van der Waals surface area contributed by atoms with Crippen molar-refractivity contribution in [3.05, 3.63) is 60.2 Å². The number of aromatic hydroxyl groups is 1. The van der Waals surface area contributed by atoms with E-state index in [0.717, 1.165) is 17.7 Å². The topological polar surface area (TPSA) is 86.3 Å². The summed E-state index contributed by atoms with van der Waals surface area (Å²) in [5.41, 5.74) is 1.91. The van der Waals surface area contributed by atoms with E-state index in [1.807, 2.05) is 12.2 Å². The SMILES string of the molecule is O=S1(=O)C2C=CC(c3cnc[nH]3)CC2CN1Cc1ccc(O)cc1. The van der Waals surface area contributed by atoms with Gasteiger partial charge in [-0.1, -0.05) is 24.3 Å². The summed E-state index contributed by atoms with van der Waals surface area (Å²) in [6.07, 6.45) is 8.07. The van der Waals surface area contributed by atoms with E-state index in [1.54, 1.807) is 41.1 Å². The highest BCUT2D eigenvalue weighted by atomic mass is 32.2. The lowest BCUT2D eigenvalue weighted by atomic mass is 9.85. The molecule has 4 rings (SSSR count). The first-order chi connectivity index (χ1) is 11.5. The average molecular weight is 345 g/mol. The zero-order chi connectivity index (χ0) is 16.7. The number of aromatic amines is 1. The molecule has 2 N–H and O–H groups in total. The van der Waals surface area contributed by atoms with Crippen molar-refractivity contribution in [1.82, 2.24) is 14.3 Å². The summed E-state index contributed by atoms with van der Waals surface area (Å²) in [6.45, 7) is 0.876. The largest absolute Gasteiger partial charge is 0.508 e. The fraction of sp³-hybridized carbons (Fsp3) is 0.353. The van der Waals surface area contributed by atoms with Gasteiger partial charge in [0.1, 0.15) is 5.75 Å². The van der Waals surface area contributed by atoms with Crippen molar-refractivity contribution in [1.29, 1.82) is 0 Å². The van der Waals surface area contributed by atoms with E-state index in [1.165, 1.54) is 0 Å². The van der Waals surface area contributed by atoms with Crippen LogP contribution in [0.4, 0.5) is 0 Å². The van der Waals surface area contributed by atoms with Crippen molar-refractivity contribution in [2.24, 2.45) is 5.92 Å². The molecule has 126 valence electrons. The highest BCUT2D eigenvalue weighted by Crippen LogP contribution is 2.40. The fourth-order valence-electron chi connectivity index (χ4n) is 3.66. The van der Waals surface area contributed by atoms with Gasteiger partial charge in [0.25, 0.3) is 0 Å². The first kappa shape index (κ1) is 15.4. The normalized spacial score (nSPS) is 28.8. The zero-order valence-corrected chi connectivity index (χ0v) is 13.9. The molecule has 0 saturated carbocycles. The van der Waals surface area contributed by atoms with Gasteiger partial charge in [-0.05, 0) is 30.0 Å². The summed E-state index contributed by atoms with van der Waals surface area (Å²) in [7, 11) is -3.33. The Balaban J connectivity index is 1.54. The lowest BCUT2D eigenvalue weighted by molar-refractivity contribution is 0.368. The molecule has 7 heteroatoms. The van der Waals surface area contributed by atoms with Gasteiger partial charge < -0.3 is 10.1 Å². The standard InChI is InChI=1S/C17H19N3O3S/c21-15-4-1-12(2-5-15)9-20-10-14-7-13(16-8-18-11-19-16)3-6-17(14)24(20,22)23/h1-6,8,11,13-14,17,21H,7,9-10H2,(H,18,19). The molecule has 1 fully saturated rings. The van der Waals surface area contributed by atoms with Crippen LogP contribution in [-0.2, 0) is 16.6 Å². The summed E-state index contributed by atoms with van der Waals surface area (Å²) in [4.78, 5) is 7.17. The number of imidazole rings is 1. The van der Waals surface area contributed by atoms with Crippen LogP contribution in [0.2, 0.25) is 0 Å². The second-order valence-electron chi connectivity index (χ2n) is 6.46. The first-order valence-corrected chi connectivity index (χ1v) is 9.48. The summed E-state index contributed by atoms with van der Waals surface area (Å²) in [5, 5.41) is 8.92. The molecule has 0 amide bonds. The van der Waals surface area contributed by atoms with Gasteiger partial charge >= 0.3 is 0 Å². The Morgan fingerprint density at radius 1 is 1.25 bits per heavy atom. The molecule has 1 aliphatic carbocycles. The molecule has 0 bridgehead atoms. The van der Waals surface area contributed by atoms with E-state index in [0.29, 0.717) is 13.1 Å². The number of rotatable bonds is 3. The van der Waals surface area contributed by atoms with Crippen molar-refractivity contribution in [3.63, 3.8) is 0 Å². The van der Waals surface area contributed by atoms with E-state index < -0.39 is 15.3 Å². The smallest absolute Gasteiger partial charge is 0.221 e. The molecule has 1 aromatic heterocycles. The minimum absolute atomic E-state index is 0.0883. The Hall–Kier alpha value is -2.12. The van der Waals surface area contributed by atoms with Crippen LogP contribution < -0.4 is 0 Å². The number of sulfonamides is 1. The second kappa shape index (κ2) is 5.75. The Labute approximate surface area is 140 Å². The number of phenolic OH excluding ortho intramolecular Hbond substituents is 1. The Bertz CT molecular complexity index is 844. The molecule has 0 spiro atoms. The number of hydrogen-bond donors (Lipinski definition) is 2. The van der Waals surface area contributed by atoms with Gasteiger partial charge in [0.15, 0.2) is 0 Å². The molecular formula is C17H19N3O3S. The highest BCUT2D eigenvalue weighted by molar-refractivity contribution is 7.90. The van der Waals surface area contributed by atoms with E-state index in [2.05, 4.69) is 9.97 Å². The van der Waals surface area contributed by atoms with Crippen molar-refractivity contribution < 1.29 is 13.5 Å². The number of aromatic nitrogens is 2. The van der Waals surface area contributed by atoms with Crippen LogP contribution in [0.5, 0.6) is 5.75 Å². The van der Waals surface area contributed by atoms with Crippen molar-refractivity contribution in [2.75, 3.05) is 6.54 Å². The van der Waals surface area contributed by atoms with Gasteiger partial charge in [-0.15, -0.1) is 0 Å². The van der Waals surface area contributed by atoms with Crippen molar-refractivity contribution in [2.45, 2.75) is 24.1 Å². The Kier molecular flexibility index (Phi) is 3.69. The number of hydrogen-bond acceptors (Lipinski definition) is 4. The number of H-pyrrole nitrogens is 1. The van der Waals surface area contributed by atoms with Crippen LogP contribution in [0.1, 0.15) is 23.6 Å². The number of benzene rings is 1. The maximum atomic E-state index is 12.8. The van der Waals surface area contributed by atoms with Gasteiger partial charge in [0.2, 0.25) is 10.0 Å². The Morgan fingerprint density at radius 2 is 2.04 bits per heavy atom. The van der Waals surface area contributed by atoms with Crippen molar-refractivity contribution >= 4 is 10.0 Å². The molecule has 24 heavy (non-hydrogen) atoms. The van der Waals surface area contributed by atoms with Crippen LogP contribution >= 0.6 is 0 Å². The average Bonchev–Trinajstić information content (AvgIpc) is 3.17. The van der Waals surface area contributed by atoms with Gasteiger partial charge in [-0.3, -0.25) is 0 Å². The molecule has 3 unspecified atom stereocenters. The quantitative estimate of drug-likeness (QED) is 0.833. The van der Waals surface area contributed by atoms with Crippen LogP contribution in [0.15, 0.2) is 48.9 Å². The highest BCUT2D eigenvalue weighted by Gasteiger charge is 2.46. The third kappa shape index (κ3) is 2.63.